The van der Waals surface area contributed by atoms with Gasteiger partial charge < -0.3 is 19.5 Å². The van der Waals surface area contributed by atoms with Crippen LogP contribution < -0.4 is 19.5 Å². The molecule has 2 aliphatic rings. The zero-order chi connectivity index (χ0) is 22.1. The number of pyridine rings is 1. The third kappa shape index (κ3) is 3.68. The number of amides is 1. The third-order valence-corrected chi connectivity index (χ3v) is 5.81. The highest BCUT2D eigenvalue weighted by Crippen LogP contribution is 2.35. The van der Waals surface area contributed by atoms with Crippen molar-refractivity contribution in [2.45, 2.75) is 12.8 Å². The molecule has 0 unspecified atom stereocenters. The van der Waals surface area contributed by atoms with Gasteiger partial charge in [-0.05, 0) is 48.8 Å². The molecule has 0 radical (unpaired) electrons. The van der Waals surface area contributed by atoms with Gasteiger partial charge in [0.25, 0.3) is 0 Å². The molecule has 8 heteroatoms. The van der Waals surface area contributed by atoms with Gasteiger partial charge in [-0.1, -0.05) is 6.08 Å². The van der Waals surface area contributed by atoms with Gasteiger partial charge in [0.15, 0.2) is 11.5 Å². The van der Waals surface area contributed by atoms with Gasteiger partial charge in [-0.25, -0.2) is 9.97 Å². The van der Waals surface area contributed by atoms with E-state index in [4.69, 9.17) is 19.2 Å². The zero-order valence-corrected chi connectivity index (χ0v) is 18.0. The standard InChI is InChI=1S/C24H24N4O4/c1-30-20-7-6-16(11-21(20)31-2)18-12-19-23(28(14-26-19)17-4-3-5-17)24(27-18)32-9-8-15-10-22(29)25-13-15/h3-7,11-12,14-15H,8-10,13H2,1-2H3,(H,25,29)/t15-/m1/s1. The molecule has 2 aromatic heterocycles. The van der Waals surface area contributed by atoms with E-state index in [0.717, 1.165) is 34.4 Å². The van der Waals surface area contributed by atoms with Gasteiger partial charge in [-0.15, -0.1) is 0 Å². The van der Waals surface area contributed by atoms with Gasteiger partial charge in [0, 0.05) is 24.2 Å². The molecule has 5 rings (SSSR count). The van der Waals surface area contributed by atoms with Crippen LogP contribution in [0.15, 0.2) is 48.8 Å². The van der Waals surface area contributed by atoms with Crippen LogP contribution >= 0.6 is 0 Å². The number of rotatable bonds is 8. The summed E-state index contributed by atoms with van der Waals surface area (Å²) in [4.78, 5) is 20.9. The highest BCUT2D eigenvalue weighted by molar-refractivity contribution is 5.89. The summed E-state index contributed by atoms with van der Waals surface area (Å²) in [6, 6.07) is 7.62. The first-order chi connectivity index (χ1) is 15.7. The number of allylic oxidation sites excluding steroid dienone is 4. The van der Waals surface area contributed by atoms with Crippen LogP contribution in [0.4, 0.5) is 0 Å². The van der Waals surface area contributed by atoms with Crippen LogP contribution in [0.5, 0.6) is 17.4 Å². The number of nitrogens with zero attached hydrogens (tertiary/aromatic N) is 3. The van der Waals surface area contributed by atoms with E-state index in [1.807, 2.05) is 47.1 Å². The molecule has 164 valence electrons. The van der Waals surface area contributed by atoms with Gasteiger partial charge in [0.1, 0.15) is 11.8 Å². The maximum Gasteiger partial charge on any atom is 0.241 e. The number of hydrogen-bond acceptors (Lipinski definition) is 6. The van der Waals surface area contributed by atoms with Gasteiger partial charge in [-0.3, -0.25) is 9.36 Å². The Labute approximate surface area is 185 Å². The summed E-state index contributed by atoms with van der Waals surface area (Å²) in [6.45, 7) is 1.17. The molecule has 8 nitrogen and oxygen atoms in total. The predicted molar refractivity (Wildman–Crippen MR) is 121 cm³/mol. The molecule has 1 fully saturated rings. The minimum Gasteiger partial charge on any atom is -0.493 e. The quantitative estimate of drug-likeness (QED) is 0.587. The zero-order valence-electron chi connectivity index (χ0n) is 18.0. The van der Waals surface area contributed by atoms with Crippen molar-refractivity contribution in [3.8, 4) is 28.6 Å². The number of fused-ring (bicyclic) bond motifs is 1. The molecule has 1 N–H and O–H groups in total. The second-order valence-electron chi connectivity index (χ2n) is 7.83. The number of aromatic nitrogens is 3. The number of methoxy groups -OCH3 is 2. The first-order valence-electron chi connectivity index (χ1n) is 10.5. The lowest BCUT2D eigenvalue weighted by molar-refractivity contribution is -0.119. The average Bonchev–Trinajstić information content (AvgIpc) is 3.38. The molecular weight excluding hydrogens is 408 g/mol. The Morgan fingerprint density at radius 2 is 2.03 bits per heavy atom. The Balaban J connectivity index is 1.50. The molecule has 1 amide bonds. The fourth-order valence-corrected chi connectivity index (χ4v) is 3.98. The van der Waals surface area contributed by atoms with E-state index >= 15 is 0 Å². The molecule has 0 bridgehead atoms. The summed E-state index contributed by atoms with van der Waals surface area (Å²) in [6.07, 6.45) is 9.13. The molecule has 1 aliphatic heterocycles. The lowest BCUT2D eigenvalue weighted by Gasteiger charge is -2.15. The average molecular weight is 432 g/mol. The molecule has 0 saturated carbocycles. The molecule has 1 saturated heterocycles. The van der Waals surface area contributed by atoms with Gasteiger partial charge in [0.05, 0.1) is 32.0 Å². The highest BCUT2D eigenvalue weighted by atomic mass is 16.5. The lowest BCUT2D eigenvalue weighted by atomic mass is 10.1. The Morgan fingerprint density at radius 1 is 1.19 bits per heavy atom. The fourth-order valence-electron chi connectivity index (χ4n) is 3.98. The van der Waals surface area contributed by atoms with Crippen LogP contribution in [-0.4, -0.2) is 47.8 Å². The fraction of sp³-hybridized carbons (Fsp3) is 0.292. The molecule has 0 spiro atoms. The van der Waals surface area contributed by atoms with E-state index in [9.17, 15) is 4.79 Å². The number of benzene rings is 1. The maximum absolute atomic E-state index is 11.5. The molecule has 3 heterocycles. The third-order valence-electron chi connectivity index (χ3n) is 5.81. The van der Waals surface area contributed by atoms with Crippen molar-refractivity contribution in [1.29, 1.82) is 0 Å². The van der Waals surface area contributed by atoms with Gasteiger partial charge in [-0.2, -0.15) is 0 Å². The minimum atomic E-state index is 0.104. The number of ether oxygens (including phenoxy) is 3. The maximum atomic E-state index is 11.5. The Hall–Kier alpha value is -3.81. The summed E-state index contributed by atoms with van der Waals surface area (Å²) in [5.41, 5.74) is 4.25. The van der Waals surface area contributed by atoms with Crippen molar-refractivity contribution < 1.29 is 19.0 Å². The number of carbonyl (C=O) groups is 1. The summed E-state index contributed by atoms with van der Waals surface area (Å²) < 4.78 is 19.0. The lowest BCUT2D eigenvalue weighted by Crippen LogP contribution is -2.14. The van der Waals surface area contributed by atoms with Gasteiger partial charge >= 0.3 is 0 Å². The first-order valence-corrected chi connectivity index (χ1v) is 10.5. The van der Waals surface area contributed by atoms with Crippen LogP contribution in [0.1, 0.15) is 12.8 Å². The SMILES string of the molecule is COc1ccc(-c2cc3ncn(C4=CC=C4)c3c(OCC[C@H]3CNC(=O)C3)n2)cc1OC. The Bertz CT molecular complexity index is 1240. The number of hydrogen-bond donors (Lipinski definition) is 1. The first kappa shape index (κ1) is 20.1. The Morgan fingerprint density at radius 3 is 2.72 bits per heavy atom. The molecule has 32 heavy (non-hydrogen) atoms. The second-order valence-corrected chi connectivity index (χ2v) is 7.83. The summed E-state index contributed by atoms with van der Waals surface area (Å²) in [5.74, 6) is 2.19. The van der Waals surface area contributed by atoms with E-state index < -0.39 is 0 Å². The van der Waals surface area contributed by atoms with Crippen LogP contribution in [-0.2, 0) is 4.79 Å². The summed E-state index contributed by atoms with van der Waals surface area (Å²) in [5, 5.41) is 2.87. The molecule has 1 aliphatic carbocycles. The molecule has 1 atom stereocenters. The van der Waals surface area contributed by atoms with Crippen molar-refractivity contribution in [2.24, 2.45) is 5.92 Å². The largest absolute Gasteiger partial charge is 0.493 e. The summed E-state index contributed by atoms with van der Waals surface area (Å²) >= 11 is 0. The predicted octanol–water partition coefficient (Wildman–Crippen LogP) is 3.43. The van der Waals surface area contributed by atoms with Crippen molar-refractivity contribution in [3.63, 3.8) is 0 Å². The van der Waals surface area contributed by atoms with Crippen molar-refractivity contribution in [3.05, 3.63) is 48.8 Å². The minimum absolute atomic E-state index is 0.104. The van der Waals surface area contributed by atoms with Crippen LogP contribution in [0.3, 0.4) is 0 Å². The van der Waals surface area contributed by atoms with E-state index in [2.05, 4.69) is 10.3 Å². The van der Waals surface area contributed by atoms with Crippen LogP contribution in [0.25, 0.3) is 28.0 Å². The van der Waals surface area contributed by atoms with Crippen molar-refractivity contribution >= 4 is 22.6 Å². The normalized spacial score (nSPS) is 17.1. The van der Waals surface area contributed by atoms with E-state index in [-0.39, 0.29) is 11.8 Å². The Kier molecular flexibility index (Phi) is 5.26. The van der Waals surface area contributed by atoms with E-state index in [1.165, 1.54) is 0 Å². The van der Waals surface area contributed by atoms with E-state index in [1.54, 1.807) is 20.5 Å². The van der Waals surface area contributed by atoms with Crippen molar-refractivity contribution in [1.82, 2.24) is 19.9 Å². The molecular formula is C24H24N4O4. The molecule has 3 aromatic rings. The second kappa shape index (κ2) is 8.37. The van der Waals surface area contributed by atoms with Crippen LogP contribution in [0.2, 0.25) is 0 Å². The number of imidazole rings is 1. The van der Waals surface area contributed by atoms with Crippen LogP contribution in [0, 0.1) is 5.92 Å². The summed E-state index contributed by atoms with van der Waals surface area (Å²) in [7, 11) is 3.22. The molecule has 1 aromatic carbocycles. The van der Waals surface area contributed by atoms with Crippen molar-refractivity contribution in [2.75, 3.05) is 27.4 Å². The monoisotopic (exact) mass is 432 g/mol. The van der Waals surface area contributed by atoms with E-state index in [0.29, 0.717) is 37.0 Å². The van der Waals surface area contributed by atoms with Gasteiger partial charge in [0.2, 0.25) is 11.8 Å². The highest BCUT2D eigenvalue weighted by Gasteiger charge is 2.22. The smallest absolute Gasteiger partial charge is 0.241 e. The number of nitrogens with one attached hydrogen (secondary N) is 1. The number of carbonyl (C=O) groups excluding carboxylic acids is 1. The topological polar surface area (TPSA) is 87.5 Å².